The predicted molar refractivity (Wildman–Crippen MR) is 94.7 cm³/mol. The lowest BCUT2D eigenvalue weighted by Crippen LogP contribution is -2.33. The smallest absolute Gasteiger partial charge is 0.325 e. The molecular formula is C17H26ClN3O3. The van der Waals surface area contributed by atoms with E-state index in [9.17, 15) is 9.59 Å². The van der Waals surface area contributed by atoms with Gasteiger partial charge >= 0.3 is 5.97 Å². The maximum atomic E-state index is 11.8. The zero-order valence-electron chi connectivity index (χ0n) is 15.1. The fourth-order valence-corrected chi connectivity index (χ4v) is 2.28. The Morgan fingerprint density at radius 1 is 1.38 bits per heavy atom. The van der Waals surface area contributed by atoms with Crippen molar-refractivity contribution in [1.82, 2.24) is 15.1 Å². The highest BCUT2D eigenvalue weighted by molar-refractivity contribution is 6.31. The molecule has 0 aliphatic heterocycles. The third kappa shape index (κ3) is 6.74. The molecule has 1 heterocycles. The molecule has 0 atom stereocenters. The van der Waals surface area contributed by atoms with Crippen LogP contribution < -0.4 is 5.32 Å². The van der Waals surface area contributed by atoms with Gasteiger partial charge in [-0.05, 0) is 39.7 Å². The molecule has 1 N–H and O–H groups in total. The molecular weight excluding hydrogens is 330 g/mol. The second kappa shape index (κ2) is 8.33. The van der Waals surface area contributed by atoms with Crippen LogP contribution in [0.15, 0.2) is 6.08 Å². The molecule has 0 saturated heterocycles. The lowest BCUT2D eigenvalue weighted by atomic mass is 10.2. The van der Waals surface area contributed by atoms with Crippen LogP contribution in [-0.2, 0) is 20.9 Å². The van der Waals surface area contributed by atoms with Crippen molar-refractivity contribution in [1.29, 1.82) is 0 Å². The average Bonchev–Trinajstić information content (AvgIpc) is 2.66. The molecule has 0 aliphatic rings. The van der Waals surface area contributed by atoms with Crippen molar-refractivity contribution in [2.75, 3.05) is 6.54 Å². The van der Waals surface area contributed by atoms with Crippen molar-refractivity contribution < 1.29 is 14.3 Å². The summed E-state index contributed by atoms with van der Waals surface area (Å²) >= 11 is 6.30. The fourth-order valence-electron chi connectivity index (χ4n) is 1.98. The summed E-state index contributed by atoms with van der Waals surface area (Å²) in [6.45, 7) is 11.8. The van der Waals surface area contributed by atoms with E-state index >= 15 is 0 Å². The summed E-state index contributed by atoms with van der Waals surface area (Å²) in [5.41, 5.74) is 0.870. The Morgan fingerprint density at radius 2 is 2.00 bits per heavy atom. The largest absolute Gasteiger partial charge is 0.459 e. The average molecular weight is 356 g/mol. The number of rotatable bonds is 6. The van der Waals surface area contributed by atoms with E-state index < -0.39 is 17.5 Å². The van der Waals surface area contributed by atoms with Crippen LogP contribution in [0.4, 0.5) is 0 Å². The Labute approximate surface area is 148 Å². The van der Waals surface area contributed by atoms with Crippen LogP contribution in [0, 0.1) is 12.8 Å². The molecule has 0 radical (unpaired) electrons. The van der Waals surface area contributed by atoms with Gasteiger partial charge in [0.25, 0.3) is 0 Å². The number of hydrogen-bond donors (Lipinski definition) is 1. The summed E-state index contributed by atoms with van der Waals surface area (Å²) in [4.78, 5) is 23.4. The molecule has 0 fully saturated rings. The number of halogens is 1. The lowest BCUT2D eigenvalue weighted by molar-refractivity contribution is -0.154. The summed E-state index contributed by atoms with van der Waals surface area (Å²) in [6.07, 6.45) is 2.94. The van der Waals surface area contributed by atoms with E-state index in [1.165, 1.54) is 6.08 Å². The van der Waals surface area contributed by atoms with E-state index in [1.54, 1.807) is 31.5 Å². The Morgan fingerprint density at radius 3 is 2.54 bits per heavy atom. The number of carbonyl (C=O) groups is 2. The highest BCUT2D eigenvalue weighted by Gasteiger charge is 2.16. The molecule has 134 valence electrons. The molecule has 24 heavy (non-hydrogen) atoms. The standard InChI is InChI=1S/C17H26ClN3O3/c1-11(2)10-21-16(18)13(12(3)20-21)7-8-14(22)19-9-15(23)24-17(4,5)6/h7-8,11H,9-10H2,1-6H3,(H,19,22)/b8-7+. The van der Waals surface area contributed by atoms with Crippen molar-refractivity contribution in [3.05, 3.63) is 22.5 Å². The number of esters is 1. The second-order valence-electron chi connectivity index (χ2n) is 7.00. The topological polar surface area (TPSA) is 73.2 Å². The minimum Gasteiger partial charge on any atom is -0.459 e. The van der Waals surface area contributed by atoms with Crippen LogP contribution in [0.2, 0.25) is 5.15 Å². The van der Waals surface area contributed by atoms with E-state index in [1.807, 2.05) is 6.92 Å². The number of carbonyl (C=O) groups excluding carboxylic acids is 2. The molecule has 0 spiro atoms. The van der Waals surface area contributed by atoms with Crippen LogP contribution in [-0.4, -0.2) is 33.8 Å². The van der Waals surface area contributed by atoms with E-state index in [4.69, 9.17) is 16.3 Å². The van der Waals surface area contributed by atoms with Crippen molar-refractivity contribution in [2.24, 2.45) is 5.92 Å². The molecule has 1 aromatic rings. The molecule has 1 amide bonds. The molecule has 1 rings (SSSR count). The van der Waals surface area contributed by atoms with Gasteiger partial charge < -0.3 is 10.1 Å². The zero-order valence-corrected chi connectivity index (χ0v) is 15.9. The quantitative estimate of drug-likeness (QED) is 0.629. The van der Waals surface area contributed by atoms with Gasteiger partial charge in [0.1, 0.15) is 17.3 Å². The molecule has 0 aliphatic carbocycles. The van der Waals surface area contributed by atoms with Gasteiger partial charge in [0.15, 0.2) is 0 Å². The molecule has 0 saturated carbocycles. The van der Waals surface area contributed by atoms with Crippen molar-refractivity contribution in [2.45, 2.75) is 53.7 Å². The summed E-state index contributed by atoms with van der Waals surface area (Å²) in [6, 6.07) is 0. The number of aryl methyl sites for hydroxylation is 1. The number of nitrogens with zero attached hydrogens (tertiary/aromatic N) is 2. The highest BCUT2D eigenvalue weighted by atomic mass is 35.5. The maximum absolute atomic E-state index is 11.8. The van der Waals surface area contributed by atoms with Crippen molar-refractivity contribution in [3.63, 3.8) is 0 Å². The Kier molecular flexibility index (Phi) is 7.02. The summed E-state index contributed by atoms with van der Waals surface area (Å²) in [7, 11) is 0. The van der Waals surface area contributed by atoms with Gasteiger partial charge in [-0.25, -0.2) is 0 Å². The van der Waals surface area contributed by atoms with Crippen LogP contribution in [0.5, 0.6) is 0 Å². The summed E-state index contributed by atoms with van der Waals surface area (Å²) in [5.74, 6) is -0.466. The third-order valence-corrected chi connectivity index (χ3v) is 3.27. The maximum Gasteiger partial charge on any atom is 0.325 e. The zero-order chi connectivity index (χ0) is 18.5. The van der Waals surface area contributed by atoms with Gasteiger partial charge in [-0.3, -0.25) is 14.3 Å². The van der Waals surface area contributed by atoms with E-state index in [2.05, 4.69) is 24.3 Å². The Balaban J connectivity index is 2.64. The fraction of sp³-hybridized carbons (Fsp3) is 0.588. The molecule has 1 aromatic heterocycles. The molecule has 0 unspecified atom stereocenters. The highest BCUT2D eigenvalue weighted by Crippen LogP contribution is 2.22. The van der Waals surface area contributed by atoms with Gasteiger partial charge in [-0.1, -0.05) is 25.4 Å². The van der Waals surface area contributed by atoms with Gasteiger partial charge in [0.05, 0.1) is 5.69 Å². The van der Waals surface area contributed by atoms with Crippen molar-refractivity contribution in [3.8, 4) is 0 Å². The van der Waals surface area contributed by atoms with Crippen molar-refractivity contribution >= 4 is 29.6 Å². The first-order valence-electron chi connectivity index (χ1n) is 7.90. The molecule has 0 aromatic carbocycles. The van der Waals surface area contributed by atoms with E-state index in [0.717, 1.165) is 5.69 Å². The van der Waals surface area contributed by atoms with Crippen LogP contribution in [0.25, 0.3) is 6.08 Å². The number of ether oxygens (including phenoxy) is 1. The van der Waals surface area contributed by atoms with Crippen LogP contribution in [0.1, 0.15) is 45.9 Å². The summed E-state index contributed by atoms with van der Waals surface area (Å²) < 4.78 is 6.84. The Hall–Kier alpha value is -1.82. The normalized spacial score (nSPS) is 12.0. The second-order valence-corrected chi connectivity index (χ2v) is 7.36. The van der Waals surface area contributed by atoms with Crippen LogP contribution >= 0.6 is 11.6 Å². The number of aromatic nitrogens is 2. The first kappa shape index (κ1) is 20.2. The number of nitrogens with one attached hydrogen (secondary N) is 1. The first-order chi connectivity index (χ1) is 11.0. The number of hydrogen-bond acceptors (Lipinski definition) is 4. The lowest BCUT2D eigenvalue weighted by Gasteiger charge is -2.19. The minimum absolute atomic E-state index is 0.181. The molecule has 7 heteroatoms. The predicted octanol–water partition coefficient (Wildman–Crippen LogP) is 2.97. The molecule has 0 bridgehead atoms. The number of amides is 1. The van der Waals surface area contributed by atoms with Gasteiger partial charge in [0, 0.05) is 18.2 Å². The van der Waals surface area contributed by atoms with Crippen LogP contribution in [0.3, 0.4) is 0 Å². The summed E-state index contributed by atoms with van der Waals surface area (Å²) in [5, 5.41) is 7.35. The van der Waals surface area contributed by atoms with E-state index in [-0.39, 0.29) is 6.54 Å². The first-order valence-corrected chi connectivity index (χ1v) is 8.28. The van der Waals surface area contributed by atoms with Gasteiger partial charge in [-0.15, -0.1) is 0 Å². The monoisotopic (exact) mass is 355 g/mol. The van der Waals surface area contributed by atoms with E-state index in [0.29, 0.717) is 23.2 Å². The third-order valence-electron chi connectivity index (χ3n) is 2.88. The SMILES string of the molecule is Cc1nn(CC(C)C)c(Cl)c1/C=C/C(=O)NCC(=O)OC(C)(C)C. The van der Waals surface area contributed by atoms with Gasteiger partial charge in [0.2, 0.25) is 5.91 Å². The van der Waals surface area contributed by atoms with Gasteiger partial charge in [-0.2, -0.15) is 5.10 Å². The minimum atomic E-state index is -0.576. The molecule has 6 nitrogen and oxygen atoms in total. The Bertz CT molecular complexity index is 628.